The van der Waals surface area contributed by atoms with Crippen LogP contribution >= 0.6 is 39.5 Å². The average Bonchev–Trinajstić information content (AvgIpc) is 2.74. The zero-order chi connectivity index (χ0) is 14.0. The minimum absolute atomic E-state index is 0.204. The van der Waals surface area contributed by atoms with Gasteiger partial charge < -0.3 is 10.6 Å². The Hall–Kier alpha value is -0.980. The molecule has 2 aromatic rings. The lowest BCUT2D eigenvalue weighted by atomic mass is 10.2. The van der Waals surface area contributed by atoms with Gasteiger partial charge in [0.25, 0.3) is 0 Å². The highest BCUT2D eigenvalue weighted by Crippen LogP contribution is 2.25. The maximum absolute atomic E-state index is 14.0. The predicted molar refractivity (Wildman–Crippen MR) is 86.4 cm³/mol. The van der Waals surface area contributed by atoms with Crippen molar-refractivity contribution in [1.82, 2.24) is 0 Å². The smallest absolute Gasteiger partial charge is 0.147 e. The molecule has 0 saturated carbocycles. The molecule has 0 spiro atoms. The largest absolute Gasteiger partial charge is 0.389 e. The molecule has 0 aliphatic heterocycles. The number of rotatable bonds is 4. The summed E-state index contributed by atoms with van der Waals surface area (Å²) in [6.07, 6.45) is 0. The van der Waals surface area contributed by atoms with E-state index in [1.165, 1.54) is 6.07 Å². The fraction of sp³-hybridized carbons (Fsp3) is 0.154. The van der Waals surface area contributed by atoms with Crippen molar-refractivity contribution in [3.05, 3.63) is 50.4 Å². The zero-order valence-corrected chi connectivity index (χ0v) is 13.4. The van der Waals surface area contributed by atoms with Crippen molar-refractivity contribution >= 4 is 50.2 Å². The number of nitrogens with zero attached hydrogens (tertiary/aromatic N) is 1. The minimum atomic E-state index is -0.318. The highest BCUT2D eigenvalue weighted by atomic mass is 79.9. The van der Waals surface area contributed by atoms with E-state index in [1.807, 2.05) is 23.4 Å². The number of halogens is 2. The third-order valence-corrected chi connectivity index (χ3v) is 4.47. The molecule has 0 amide bonds. The summed E-state index contributed by atoms with van der Waals surface area (Å²) < 4.78 is 15.1. The van der Waals surface area contributed by atoms with E-state index in [-0.39, 0.29) is 10.8 Å². The lowest BCUT2D eigenvalue weighted by Gasteiger charge is -2.19. The molecule has 2 nitrogen and oxygen atoms in total. The summed E-state index contributed by atoms with van der Waals surface area (Å²) in [4.78, 5) is 2.06. The minimum Gasteiger partial charge on any atom is -0.389 e. The molecule has 1 heterocycles. The van der Waals surface area contributed by atoms with Crippen molar-refractivity contribution in [2.24, 2.45) is 5.73 Å². The summed E-state index contributed by atoms with van der Waals surface area (Å²) in [7, 11) is 1.85. The Morgan fingerprint density at radius 2 is 2.21 bits per heavy atom. The van der Waals surface area contributed by atoms with Gasteiger partial charge in [0.15, 0.2) is 0 Å². The molecule has 1 aromatic heterocycles. The molecule has 0 unspecified atom stereocenters. The van der Waals surface area contributed by atoms with E-state index in [0.717, 1.165) is 9.35 Å². The molecule has 0 bridgehead atoms. The average molecular weight is 359 g/mol. The van der Waals surface area contributed by atoms with Crippen LogP contribution in [-0.4, -0.2) is 12.0 Å². The van der Waals surface area contributed by atoms with E-state index in [2.05, 4.69) is 15.9 Å². The van der Waals surface area contributed by atoms with Gasteiger partial charge in [-0.2, -0.15) is 0 Å². The predicted octanol–water partition coefficient (Wildman–Crippen LogP) is 3.92. The van der Waals surface area contributed by atoms with E-state index >= 15 is 0 Å². The molecule has 0 aliphatic rings. The molecule has 2 rings (SSSR count). The summed E-state index contributed by atoms with van der Waals surface area (Å²) in [5, 5.41) is 2.04. The molecular weight excluding hydrogens is 347 g/mol. The van der Waals surface area contributed by atoms with Crippen LogP contribution in [0.1, 0.15) is 11.1 Å². The lowest BCUT2D eigenvalue weighted by Crippen LogP contribution is -2.18. The number of benzene rings is 1. The van der Waals surface area contributed by atoms with Crippen molar-refractivity contribution in [1.29, 1.82) is 0 Å². The van der Waals surface area contributed by atoms with Gasteiger partial charge in [-0.25, -0.2) is 4.39 Å². The summed E-state index contributed by atoms with van der Waals surface area (Å²) in [6.45, 7) is 0.644. The van der Waals surface area contributed by atoms with Crippen LogP contribution in [0.15, 0.2) is 33.4 Å². The van der Waals surface area contributed by atoms with Gasteiger partial charge >= 0.3 is 0 Å². The fourth-order valence-corrected chi connectivity index (χ4v) is 3.08. The number of hydrogen-bond donors (Lipinski definition) is 1. The van der Waals surface area contributed by atoms with Gasteiger partial charge in [0.2, 0.25) is 0 Å². The molecule has 19 heavy (non-hydrogen) atoms. The maximum atomic E-state index is 14.0. The Morgan fingerprint density at radius 1 is 1.47 bits per heavy atom. The SMILES string of the molecule is CN(Cc1csc(Br)c1)c1ccc(C(N)=S)cc1F. The molecule has 0 aliphatic carbocycles. The summed E-state index contributed by atoms with van der Waals surface area (Å²) in [5.41, 5.74) is 7.69. The van der Waals surface area contributed by atoms with Gasteiger partial charge in [-0.15, -0.1) is 11.3 Å². The third-order valence-electron chi connectivity index (χ3n) is 2.68. The van der Waals surface area contributed by atoms with E-state index in [4.69, 9.17) is 18.0 Å². The number of nitrogens with two attached hydrogens (primary N) is 1. The van der Waals surface area contributed by atoms with Crippen LogP contribution < -0.4 is 10.6 Å². The van der Waals surface area contributed by atoms with Crippen molar-refractivity contribution in [2.45, 2.75) is 6.54 Å². The van der Waals surface area contributed by atoms with Crippen LogP contribution in [0.25, 0.3) is 0 Å². The molecule has 0 atom stereocenters. The van der Waals surface area contributed by atoms with E-state index < -0.39 is 0 Å². The highest BCUT2D eigenvalue weighted by Gasteiger charge is 2.10. The van der Waals surface area contributed by atoms with E-state index in [0.29, 0.717) is 17.8 Å². The van der Waals surface area contributed by atoms with Crippen LogP contribution in [0.2, 0.25) is 0 Å². The normalized spacial score (nSPS) is 10.5. The highest BCUT2D eigenvalue weighted by molar-refractivity contribution is 9.11. The monoisotopic (exact) mass is 358 g/mol. The van der Waals surface area contributed by atoms with Crippen LogP contribution in [0.5, 0.6) is 0 Å². The molecule has 100 valence electrons. The van der Waals surface area contributed by atoms with Gasteiger partial charge in [0, 0.05) is 19.2 Å². The van der Waals surface area contributed by atoms with Gasteiger partial charge in [-0.1, -0.05) is 12.2 Å². The summed E-state index contributed by atoms with van der Waals surface area (Å²) in [5.74, 6) is -0.318. The first-order valence-electron chi connectivity index (χ1n) is 5.51. The fourth-order valence-electron chi connectivity index (χ4n) is 1.76. The standard InChI is InChI=1S/C13H12BrFN2S2/c1-17(6-8-4-12(14)19-7-8)11-3-2-9(13(16)18)5-10(11)15/h2-5,7H,6H2,1H3,(H2,16,18). The van der Waals surface area contributed by atoms with Crippen LogP contribution in [-0.2, 0) is 6.54 Å². The van der Waals surface area contributed by atoms with Crippen LogP contribution in [0, 0.1) is 5.82 Å². The van der Waals surface area contributed by atoms with Crippen LogP contribution in [0.4, 0.5) is 10.1 Å². The summed E-state index contributed by atoms with van der Waals surface area (Å²) in [6, 6.07) is 6.84. The van der Waals surface area contributed by atoms with Gasteiger partial charge in [0.05, 0.1) is 9.47 Å². The second kappa shape index (κ2) is 5.98. The first kappa shape index (κ1) is 14.4. The van der Waals surface area contributed by atoms with E-state index in [1.54, 1.807) is 23.5 Å². The molecule has 6 heteroatoms. The molecule has 1 aromatic carbocycles. The molecule has 0 fully saturated rings. The lowest BCUT2D eigenvalue weighted by molar-refractivity contribution is 0.622. The molecular formula is C13H12BrFN2S2. The van der Waals surface area contributed by atoms with Crippen molar-refractivity contribution in [3.8, 4) is 0 Å². The number of hydrogen-bond acceptors (Lipinski definition) is 3. The topological polar surface area (TPSA) is 29.3 Å². The van der Waals surface area contributed by atoms with Gasteiger partial charge in [-0.05, 0) is 51.1 Å². The Bertz CT molecular complexity index is 612. The second-order valence-corrected chi connectivity index (χ2v) is 6.88. The third kappa shape index (κ3) is 3.52. The van der Waals surface area contributed by atoms with E-state index in [9.17, 15) is 4.39 Å². The second-order valence-electron chi connectivity index (χ2n) is 4.15. The maximum Gasteiger partial charge on any atom is 0.147 e. The number of thiophene rings is 1. The number of thiocarbonyl (C=S) groups is 1. The van der Waals surface area contributed by atoms with Crippen molar-refractivity contribution in [3.63, 3.8) is 0 Å². The molecule has 0 saturated heterocycles. The van der Waals surface area contributed by atoms with Crippen molar-refractivity contribution < 1.29 is 4.39 Å². The number of anilines is 1. The Balaban J connectivity index is 2.19. The zero-order valence-electron chi connectivity index (χ0n) is 10.2. The first-order valence-corrected chi connectivity index (χ1v) is 7.59. The first-order chi connectivity index (χ1) is 8.97. The van der Waals surface area contributed by atoms with Crippen LogP contribution in [0.3, 0.4) is 0 Å². The van der Waals surface area contributed by atoms with Gasteiger partial charge in [0.1, 0.15) is 10.8 Å². The Morgan fingerprint density at radius 3 is 2.74 bits per heavy atom. The van der Waals surface area contributed by atoms with Crippen molar-refractivity contribution in [2.75, 3.05) is 11.9 Å². The quantitative estimate of drug-likeness (QED) is 0.839. The molecule has 2 N–H and O–H groups in total. The Labute approximate surface area is 129 Å². The van der Waals surface area contributed by atoms with Gasteiger partial charge in [-0.3, -0.25) is 0 Å². The Kier molecular flexibility index (Phi) is 4.54. The molecule has 0 radical (unpaired) electrons. The summed E-state index contributed by atoms with van der Waals surface area (Å²) >= 11 is 9.86.